The van der Waals surface area contributed by atoms with E-state index < -0.39 is 5.60 Å². The number of hydrogen-bond donors (Lipinski definition) is 3. The van der Waals surface area contributed by atoms with Crippen LogP contribution in [-0.4, -0.2) is 31.0 Å². The fourth-order valence-electron chi connectivity index (χ4n) is 1.39. The summed E-state index contributed by atoms with van der Waals surface area (Å²) in [4.78, 5) is 0. The lowest BCUT2D eigenvalue weighted by molar-refractivity contribution is 0.0358. The number of nitrogen functional groups attached to an aromatic ring is 1. The van der Waals surface area contributed by atoms with E-state index in [1.54, 1.807) is 32.2 Å². The minimum absolute atomic E-state index is 0.405. The van der Waals surface area contributed by atoms with Gasteiger partial charge in [-0.25, -0.2) is 0 Å². The summed E-state index contributed by atoms with van der Waals surface area (Å²) in [5.41, 5.74) is 6.31. The molecule has 1 unspecified atom stereocenters. The summed E-state index contributed by atoms with van der Waals surface area (Å²) in [5.74, 6) is 0. The van der Waals surface area contributed by atoms with Gasteiger partial charge in [0.1, 0.15) is 0 Å². The molecule has 4 N–H and O–H groups in total. The van der Waals surface area contributed by atoms with Crippen LogP contribution in [0.2, 0.25) is 5.02 Å². The molecule has 0 aliphatic heterocycles. The zero-order chi connectivity index (χ0) is 12.9. The van der Waals surface area contributed by atoms with Crippen molar-refractivity contribution in [1.82, 2.24) is 0 Å². The fraction of sp³-hybridized carbons (Fsp3) is 0.500. The number of ether oxygens (including phenoxy) is 1. The summed E-state index contributed by atoms with van der Waals surface area (Å²) in [5, 5.41) is 13.7. The van der Waals surface area contributed by atoms with Crippen LogP contribution < -0.4 is 11.1 Å². The van der Waals surface area contributed by atoms with Crippen molar-refractivity contribution < 1.29 is 9.84 Å². The maximum atomic E-state index is 10.0. The molecule has 0 spiro atoms. The lowest BCUT2D eigenvalue weighted by atomic mass is 10.0. The van der Waals surface area contributed by atoms with E-state index in [9.17, 15) is 5.11 Å². The number of methoxy groups -OCH3 is 1. The molecule has 0 aliphatic rings. The summed E-state index contributed by atoms with van der Waals surface area (Å²) in [6.45, 7) is 2.68. The van der Waals surface area contributed by atoms with Crippen molar-refractivity contribution in [3.05, 3.63) is 23.2 Å². The molecule has 0 radical (unpaired) electrons. The van der Waals surface area contributed by atoms with Crippen LogP contribution in [0.5, 0.6) is 0 Å². The maximum absolute atomic E-state index is 10.0. The number of aliphatic hydroxyl groups is 1. The van der Waals surface area contributed by atoms with Crippen LogP contribution in [0.15, 0.2) is 18.2 Å². The third-order valence-corrected chi connectivity index (χ3v) is 2.75. The average molecular weight is 259 g/mol. The molecule has 4 nitrogen and oxygen atoms in total. The largest absolute Gasteiger partial charge is 0.397 e. The second kappa shape index (κ2) is 6.10. The minimum atomic E-state index is -0.831. The second-order valence-electron chi connectivity index (χ2n) is 4.32. The SMILES string of the molecule is COCCC(C)(O)CNc1ccc(Cl)cc1N. The molecule has 0 saturated carbocycles. The van der Waals surface area contributed by atoms with E-state index in [-0.39, 0.29) is 0 Å². The van der Waals surface area contributed by atoms with E-state index in [1.165, 1.54) is 0 Å². The van der Waals surface area contributed by atoms with Crippen molar-refractivity contribution in [2.75, 3.05) is 31.3 Å². The van der Waals surface area contributed by atoms with E-state index in [4.69, 9.17) is 22.1 Å². The Labute approximate surface area is 107 Å². The summed E-state index contributed by atoms with van der Waals surface area (Å²) in [6.07, 6.45) is 0.560. The molecule has 1 atom stereocenters. The molecule has 0 fully saturated rings. The topological polar surface area (TPSA) is 67.5 Å². The third-order valence-electron chi connectivity index (χ3n) is 2.52. The lowest BCUT2D eigenvalue weighted by Gasteiger charge is -2.24. The van der Waals surface area contributed by atoms with E-state index in [2.05, 4.69) is 5.32 Å². The molecule has 0 saturated heterocycles. The van der Waals surface area contributed by atoms with E-state index in [0.29, 0.717) is 30.3 Å². The van der Waals surface area contributed by atoms with Crippen LogP contribution >= 0.6 is 11.6 Å². The monoisotopic (exact) mass is 258 g/mol. The molecule has 0 aromatic heterocycles. The molecule has 5 heteroatoms. The molecule has 0 bridgehead atoms. The highest BCUT2D eigenvalue weighted by atomic mass is 35.5. The highest BCUT2D eigenvalue weighted by molar-refractivity contribution is 6.31. The predicted octanol–water partition coefficient (Wildman–Crippen LogP) is 2.12. The van der Waals surface area contributed by atoms with Gasteiger partial charge in [-0.2, -0.15) is 0 Å². The minimum Gasteiger partial charge on any atom is -0.397 e. The van der Waals surface area contributed by atoms with E-state index in [1.807, 2.05) is 0 Å². The predicted molar refractivity (Wildman–Crippen MR) is 71.5 cm³/mol. The molecule has 0 amide bonds. The van der Waals surface area contributed by atoms with Crippen LogP contribution in [0.3, 0.4) is 0 Å². The fourth-order valence-corrected chi connectivity index (χ4v) is 1.57. The first-order valence-corrected chi connectivity index (χ1v) is 5.82. The zero-order valence-corrected chi connectivity index (χ0v) is 10.9. The lowest BCUT2D eigenvalue weighted by Crippen LogP contribution is -2.34. The Bertz CT molecular complexity index is 370. The average Bonchev–Trinajstić information content (AvgIpc) is 2.25. The zero-order valence-electron chi connectivity index (χ0n) is 10.2. The Hall–Kier alpha value is -0.970. The van der Waals surface area contributed by atoms with Crippen molar-refractivity contribution >= 4 is 23.0 Å². The number of hydrogen-bond acceptors (Lipinski definition) is 4. The molecule has 1 rings (SSSR count). The normalized spacial score (nSPS) is 14.4. The van der Waals surface area contributed by atoms with Gasteiger partial charge < -0.3 is 20.9 Å². The Balaban J connectivity index is 2.54. The van der Waals surface area contributed by atoms with Crippen molar-refractivity contribution in [2.24, 2.45) is 0 Å². The number of halogens is 1. The molecule has 0 aliphatic carbocycles. The van der Waals surface area contributed by atoms with Crippen molar-refractivity contribution in [1.29, 1.82) is 0 Å². The van der Waals surface area contributed by atoms with Crippen LogP contribution in [0.25, 0.3) is 0 Å². The maximum Gasteiger partial charge on any atom is 0.0813 e. The van der Waals surface area contributed by atoms with Gasteiger partial charge in [-0.3, -0.25) is 0 Å². The van der Waals surface area contributed by atoms with E-state index >= 15 is 0 Å². The molecule has 17 heavy (non-hydrogen) atoms. The Morgan fingerprint density at radius 1 is 1.53 bits per heavy atom. The summed E-state index contributed by atoms with van der Waals surface area (Å²) in [6, 6.07) is 5.22. The summed E-state index contributed by atoms with van der Waals surface area (Å²) < 4.78 is 4.94. The third kappa shape index (κ3) is 4.81. The van der Waals surface area contributed by atoms with E-state index in [0.717, 1.165) is 5.69 Å². The molecule has 96 valence electrons. The van der Waals surface area contributed by atoms with Gasteiger partial charge in [-0.05, 0) is 25.1 Å². The number of anilines is 2. The molecule has 1 aromatic carbocycles. The van der Waals surface area contributed by atoms with Gasteiger partial charge in [-0.15, -0.1) is 0 Å². The Morgan fingerprint density at radius 2 is 2.24 bits per heavy atom. The number of rotatable bonds is 6. The van der Waals surface area contributed by atoms with Gasteiger partial charge in [0.15, 0.2) is 0 Å². The van der Waals surface area contributed by atoms with Gasteiger partial charge >= 0.3 is 0 Å². The van der Waals surface area contributed by atoms with Gasteiger partial charge in [0.05, 0.1) is 17.0 Å². The number of nitrogens with one attached hydrogen (secondary N) is 1. The van der Waals surface area contributed by atoms with Gasteiger partial charge in [0, 0.05) is 31.7 Å². The Kier molecular flexibility index (Phi) is 5.05. The van der Waals surface area contributed by atoms with Gasteiger partial charge in [0.2, 0.25) is 0 Å². The first kappa shape index (κ1) is 14.1. The number of benzene rings is 1. The van der Waals surface area contributed by atoms with Crippen molar-refractivity contribution in [3.63, 3.8) is 0 Å². The second-order valence-corrected chi connectivity index (χ2v) is 4.76. The smallest absolute Gasteiger partial charge is 0.0813 e. The summed E-state index contributed by atoms with van der Waals surface area (Å²) in [7, 11) is 1.61. The highest BCUT2D eigenvalue weighted by Gasteiger charge is 2.19. The van der Waals surface area contributed by atoms with Crippen molar-refractivity contribution in [3.8, 4) is 0 Å². The summed E-state index contributed by atoms with van der Waals surface area (Å²) >= 11 is 5.80. The molecular weight excluding hydrogens is 240 g/mol. The molecular formula is C12H19ClN2O2. The van der Waals surface area contributed by atoms with Crippen LogP contribution in [0.4, 0.5) is 11.4 Å². The van der Waals surface area contributed by atoms with Crippen LogP contribution in [0, 0.1) is 0 Å². The quantitative estimate of drug-likeness (QED) is 0.684. The Morgan fingerprint density at radius 3 is 2.82 bits per heavy atom. The standard InChI is InChI=1S/C12H19ClN2O2/c1-12(16,5-6-17-2)8-15-11-4-3-9(13)7-10(11)14/h3-4,7,15-16H,5-6,8,14H2,1-2H3. The van der Waals surface area contributed by atoms with Crippen molar-refractivity contribution in [2.45, 2.75) is 18.9 Å². The number of nitrogens with two attached hydrogens (primary N) is 1. The first-order valence-electron chi connectivity index (χ1n) is 5.45. The molecule has 1 aromatic rings. The van der Waals surface area contributed by atoms with Crippen LogP contribution in [0.1, 0.15) is 13.3 Å². The van der Waals surface area contributed by atoms with Gasteiger partial charge in [0.25, 0.3) is 0 Å². The van der Waals surface area contributed by atoms with Crippen LogP contribution in [-0.2, 0) is 4.74 Å². The highest BCUT2D eigenvalue weighted by Crippen LogP contribution is 2.23. The van der Waals surface area contributed by atoms with Gasteiger partial charge in [-0.1, -0.05) is 11.6 Å². The first-order chi connectivity index (χ1) is 7.94. The molecule has 0 heterocycles.